The van der Waals surface area contributed by atoms with Crippen molar-refractivity contribution in [1.29, 1.82) is 0 Å². The summed E-state index contributed by atoms with van der Waals surface area (Å²) in [6.07, 6.45) is 9.17. The minimum absolute atomic E-state index is 1.09. The first kappa shape index (κ1) is 24.6. The van der Waals surface area contributed by atoms with Crippen LogP contribution in [0.4, 0.5) is 0 Å². The molecule has 0 amide bonds. The second kappa shape index (κ2) is 10.3. The second-order valence-electron chi connectivity index (χ2n) is 11.2. The molecule has 1 aliphatic carbocycles. The fraction of sp³-hybridized carbons (Fsp3) is 0.0476. The molecular formula is C42H30. The van der Waals surface area contributed by atoms with Gasteiger partial charge in [0.2, 0.25) is 0 Å². The van der Waals surface area contributed by atoms with Crippen molar-refractivity contribution < 1.29 is 0 Å². The maximum absolute atomic E-state index is 2.40. The third kappa shape index (κ3) is 4.24. The number of rotatable bonds is 4. The maximum Gasteiger partial charge on any atom is -0.00259 e. The van der Waals surface area contributed by atoms with Crippen LogP contribution in [-0.2, 0) is 0 Å². The zero-order valence-corrected chi connectivity index (χ0v) is 23.4. The lowest BCUT2D eigenvalue weighted by Crippen LogP contribution is -1.93. The Morgan fingerprint density at radius 2 is 0.929 bits per heavy atom. The van der Waals surface area contributed by atoms with Gasteiger partial charge in [-0.05, 0) is 114 Å². The fourth-order valence-electron chi connectivity index (χ4n) is 6.66. The lowest BCUT2D eigenvalue weighted by Gasteiger charge is -2.19. The predicted molar refractivity (Wildman–Crippen MR) is 182 cm³/mol. The molecular weight excluding hydrogens is 504 g/mol. The van der Waals surface area contributed by atoms with Crippen LogP contribution in [0.25, 0.3) is 71.3 Å². The number of hydrogen-bond donors (Lipinski definition) is 0. The molecule has 0 fully saturated rings. The molecule has 0 N–H and O–H groups in total. The zero-order valence-electron chi connectivity index (χ0n) is 23.4. The molecule has 0 radical (unpaired) electrons. The summed E-state index contributed by atoms with van der Waals surface area (Å²) in [5.74, 6) is 0. The molecule has 0 heteroatoms. The summed E-state index contributed by atoms with van der Waals surface area (Å²) in [7, 11) is 0. The summed E-state index contributed by atoms with van der Waals surface area (Å²) in [5, 5.41) is 7.66. The van der Waals surface area contributed by atoms with Gasteiger partial charge in [-0.1, -0.05) is 133 Å². The first-order chi connectivity index (χ1) is 20.8. The molecule has 0 nitrogen and oxygen atoms in total. The van der Waals surface area contributed by atoms with Gasteiger partial charge in [-0.25, -0.2) is 0 Å². The molecule has 0 atom stereocenters. The smallest absolute Gasteiger partial charge is 0.00259 e. The minimum atomic E-state index is 1.09. The molecule has 0 spiro atoms. The molecule has 7 aromatic carbocycles. The third-order valence-corrected chi connectivity index (χ3v) is 8.63. The van der Waals surface area contributed by atoms with Gasteiger partial charge in [-0.3, -0.25) is 0 Å². The van der Waals surface area contributed by atoms with Crippen molar-refractivity contribution in [3.8, 4) is 33.4 Å². The highest BCUT2D eigenvalue weighted by atomic mass is 14.2. The van der Waals surface area contributed by atoms with Crippen LogP contribution in [0.1, 0.15) is 18.4 Å². The van der Waals surface area contributed by atoms with Crippen molar-refractivity contribution in [2.24, 2.45) is 0 Å². The molecule has 8 rings (SSSR count). The van der Waals surface area contributed by atoms with E-state index in [1.807, 2.05) is 0 Å². The largest absolute Gasteiger partial charge is 0.0836 e. The highest BCUT2D eigenvalue weighted by molar-refractivity contribution is 6.22. The summed E-state index contributed by atoms with van der Waals surface area (Å²) in [6, 6.07) is 51.3. The van der Waals surface area contributed by atoms with E-state index in [4.69, 9.17) is 0 Å². The van der Waals surface area contributed by atoms with Gasteiger partial charge in [-0.2, -0.15) is 0 Å². The van der Waals surface area contributed by atoms with Gasteiger partial charge in [-0.15, -0.1) is 0 Å². The minimum Gasteiger partial charge on any atom is -0.0836 e. The van der Waals surface area contributed by atoms with Gasteiger partial charge in [0.05, 0.1) is 0 Å². The van der Waals surface area contributed by atoms with E-state index in [1.165, 1.54) is 76.8 Å². The average Bonchev–Trinajstić information content (AvgIpc) is 3.07. The highest BCUT2D eigenvalue weighted by Gasteiger charge is 2.18. The summed E-state index contributed by atoms with van der Waals surface area (Å²) < 4.78 is 0. The SMILES string of the molecule is C1=CC(c2cc(-c3ccccc3)cc(-c3c4ccccc4c(-c4ccc5ccccc5c4)c4ccccc34)c2)=CCC1. The van der Waals surface area contributed by atoms with E-state index < -0.39 is 0 Å². The van der Waals surface area contributed by atoms with E-state index in [0.717, 1.165) is 12.8 Å². The van der Waals surface area contributed by atoms with Crippen LogP contribution in [0.2, 0.25) is 0 Å². The van der Waals surface area contributed by atoms with Crippen LogP contribution in [-0.4, -0.2) is 0 Å². The molecule has 7 aromatic rings. The average molecular weight is 535 g/mol. The van der Waals surface area contributed by atoms with Crippen molar-refractivity contribution in [2.45, 2.75) is 12.8 Å². The molecule has 0 saturated heterocycles. The first-order valence-electron chi connectivity index (χ1n) is 14.8. The first-order valence-corrected chi connectivity index (χ1v) is 14.8. The Labute approximate surface area is 246 Å². The Morgan fingerprint density at radius 1 is 0.357 bits per heavy atom. The molecule has 0 aliphatic heterocycles. The Kier molecular flexibility index (Phi) is 6.04. The predicted octanol–water partition coefficient (Wildman–Crippen LogP) is 11.9. The van der Waals surface area contributed by atoms with Crippen LogP contribution in [0, 0.1) is 0 Å². The van der Waals surface area contributed by atoms with Gasteiger partial charge in [0.25, 0.3) is 0 Å². The van der Waals surface area contributed by atoms with E-state index in [0.29, 0.717) is 0 Å². The number of allylic oxidation sites excluding steroid dienone is 4. The zero-order chi connectivity index (χ0) is 27.9. The van der Waals surface area contributed by atoms with Crippen LogP contribution in [0.3, 0.4) is 0 Å². The summed E-state index contributed by atoms with van der Waals surface area (Å²) in [4.78, 5) is 0. The molecule has 1 aliphatic rings. The van der Waals surface area contributed by atoms with Crippen molar-refractivity contribution >= 4 is 37.9 Å². The van der Waals surface area contributed by atoms with Crippen LogP contribution in [0.5, 0.6) is 0 Å². The van der Waals surface area contributed by atoms with Gasteiger partial charge < -0.3 is 0 Å². The van der Waals surface area contributed by atoms with E-state index in [2.05, 4.69) is 158 Å². The Hall–Kier alpha value is -5.20. The normalized spacial score (nSPS) is 13.1. The highest BCUT2D eigenvalue weighted by Crippen LogP contribution is 2.45. The van der Waals surface area contributed by atoms with E-state index in [1.54, 1.807) is 0 Å². The lowest BCUT2D eigenvalue weighted by atomic mass is 9.84. The summed E-state index contributed by atoms with van der Waals surface area (Å²) in [5.41, 5.74) is 10.2. The lowest BCUT2D eigenvalue weighted by molar-refractivity contribution is 1.04. The molecule has 198 valence electrons. The van der Waals surface area contributed by atoms with Gasteiger partial charge in [0, 0.05) is 0 Å². The molecule has 42 heavy (non-hydrogen) atoms. The topological polar surface area (TPSA) is 0 Å². The monoisotopic (exact) mass is 534 g/mol. The number of fused-ring (bicyclic) bond motifs is 3. The fourth-order valence-corrected chi connectivity index (χ4v) is 6.66. The molecule has 0 unspecified atom stereocenters. The standard InChI is InChI=1S/C42H30/c1-3-13-29(14-4-1)34-26-35(30-15-5-2-6-16-30)28-36(27-34)42-39-21-11-9-19-37(39)41(38-20-10-12-22-40(38)42)33-24-23-31-17-7-8-18-32(31)25-33/h1,3-5,7-28H,2,6H2. The molecule has 0 aromatic heterocycles. The van der Waals surface area contributed by atoms with E-state index >= 15 is 0 Å². The summed E-state index contributed by atoms with van der Waals surface area (Å²) >= 11 is 0. The molecule has 0 heterocycles. The van der Waals surface area contributed by atoms with E-state index in [-0.39, 0.29) is 0 Å². The van der Waals surface area contributed by atoms with E-state index in [9.17, 15) is 0 Å². The van der Waals surface area contributed by atoms with Crippen molar-refractivity contribution in [3.05, 3.63) is 163 Å². The molecule has 0 saturated carbocycles. The van der Waals surface area contributed by atoms with Crippen LogP contribution >= 0.6 is 0 Å². The van der Waals surface area contributed by atoms with Crippen molar-refractivity contribution in [2.75, 3.05) is 0 Å². The van der Waals surface area contributed by atoms with Gasteiger partial charge >= 0.3 is 0 Å². The second-order valence-corrected chi connectivity index (χ2v) is 11.2. The Balaban J connectivity index is 1.45. The Bertz CT molecular complexity index is 2120. The van der Waals surface area contributed by atoms with Gasteiger partial charge in [0.1, 0.15) is 0 Å². The van der Waals surface area contributed by atoms with Gasteiger partial charge in [0.15, 0.2) is 0 Å². The summed E-state index contributed by atoms with van der Waals surface area (Å²) in [6.45, 7) is 0. The van der Waals surface area contributed by atoms with Crippen LogP contribution < -0.4 is 0 Å². The Morgan fingerprint density at radius 3 is 1.60 bits per heavy atom. The quantitative estimate of drug-likeness (QED) is 0.197. The number of benzene rings is 7. The number of hydrogen-bond acceptors (Lipinski definition) is 0. The van der Waals surface area contributed by atoms with Crippen molar-refractivity contribution in [1.82, 2.24) is 0 Å². The maximum atomic E-state index is 2.40. The third-order valence-electron chi connectivity index (χ3n) is 8.63. The van der Waals surface area contributed by atoms with Crippen molar-refractivity contribution in [3.63, 3.8) is 0 Å². The molecule has 0 bridgehead atoms. The van der Waals surface area contributed by atoms with Crippen LogP contribution in [0.15, 0.2) is 158 Å².